The van der Waals surface area contributed by atoms with Gasteiger partial charge in [0, 0.05) is 5.39 Å². The van der Waals surface area contributed by atoms with Crippen LogP contribution in [0.15, 0.2) is 29.1 Å². The molecule has 1 aromatic heterocycles. The topological polar surface area (TPSA) is 57.8 Å². The molecule has 2 N–H and O–H groups in total. The van der Waals surface area contributed by atoms with Gasteiger partial charge in [-0.15, -0.1) is 0 Å². The third kappa shape index (κ3) is 1.87. The predicted octanol–water partition coefficient (Wildman–Crippen LogP) is 1.68. The van der Waals surface area contributed by atoms with Gasteiger partial charge >= 0.3 is 0 Å². The van der Waals surface area contributed by atoms with Crippen molar-refractivity contribution in [1.29, 1.82) is 0 Å². The van der Waals surface area contributed by atoms with Crippen LogP contribution in [0.1, 0.15) is 6.92 Å². The van der Waals surface area contributed by atoms with Gasteiger partial charge < -0.3 is 5.32 Å². The summed E-state index contributed by atoms with van der Waals surface area (Å²) in [4.78, 5) is 12.0. The zero-order valence-electron chi connectivity index (χ0n) is 8.07. The van der Waals surface area contributed by atoms with Crippen LogP contribution in [0.4, 0.5) is 5.82 Å². The van der Waals surface area contributed by atoms with Crippen LogP contribution in [0.25, 0.3) is 10.8 Å². The molecular formula is C10H9N3OS. The lowest BCUT2D eigenvalue weighted by Gasteiger charge is -2.05. The molecule has 0 aliphatic rings. The number of hydrogen-bond acceptors (Lipinski definition) is 3. The summed E-state index contributed by atoms with van der Waals surface area (Å²) in [6.45, 7) is 1.76. The molecular weight excluding hydrogens is 210 g/mol. The number of hydrogen-bond donors (Lipinski definition) is 2. The molecule has 1 aromatic carbocycles. The van der Waals surface area contributed by atoms with Gasteiger partial charge in [0.2, 0.25) is 0 Å². The van der Waals surface area contributed by atoms with Crippen molar-refractivity contribution in [3.63, 3.8) is 0 Å². The van der Waals surface area contributed by atoms with Gasteiger partial charge in [-0.3, -0.25) is 4.79 Å². The minimum Gasteiger partial charge on any atom is -0.333 e. The molecule has 4 nitrogen and oxygen atoms in total. The van der Waals surface area contributed by atoms with E-state index in [4.69, 9.17) is 12.2 Å². The average molecular weight is 219 g/mol. The van der Waals surface area contributed by atoms with Gasteiger partial charge in [-0.2, -0.15) is 5.10 Å². The van der Waals surface area contributed by atoms with E-state index in [-0.39, 0.29) is 5.56 Å². The number of thiocarbonyl (C=S) groups is 1. The summed E-state index contributed by atoms with van der Waals surface area (Å²) in [5, 5.41) is 10.6. The van der Waals surface area contributed by atoms with E-state index in [1.54, 1.807) is 13.0 Å². The van der Waals surface area contributed by atoms with E-state index in [1.165, 1.54) is 0 Å². The SMILES string of the molecule is CC(=S)Nc1n[nH]c(=O)c2ccccc12. The number of anilines is 1. The Balaban J connectivity index is 2.71. The Kier molecular flexibility index (Phi) is 2.47. The number of nitrogens with one attached hydrogen (secondary N) is 2. The molecule has 0 saturated carbocycles. The zero-order valence-corrected chi connectivity index (χ0v) is 8.89. The molecule has 1 heterocycles. The predicted molar refractivity (Wildman–Crippen MR) is 64.3 cm³/mol. The Bertz CT molecular complexity index is 576. The molecule has 0 spiro atoms. The van der Waals surface area contributed by atoms with Gasteiger partial charge in [0.25, 0.3) is 5.56 Å². The van der Waals surface area contributed by atoms with Crippen LogP contribution >= 0.6 is 12.2 Å². The minimum atomic E-state index is -0.196. The second kappa shape index (κ2) is 3.78. The van der Waals surface area contributed by atoms with Crippen LogP contribution in [0.2, 0.25) is 0 Å². The molecule has 2 rings (SSSR count). The van der Waals surface area contributed by atoms with Gasteiger partial charge in [-0.1, -0.05) is 30.4 Å². The van der Waals surface area contributed by atoms with E-state index in [9.17, 15) is 4.79 Å². The Morgan fingerprint density at radius 3 is 2.73 bits per heavy atom. The maximum absolute atomic E-state index is 11.4. The molecule has 0 bridgehead atoms. The van der Waals surface area contributed by atoms with Crippen molar-refractivity contribution in [2.24, 2.45) is 0 Å². The molecule has 0 radical (unpaired) electrons. The molecule has 0 aliphatic carbocycles. The first-order valence-corrected chi connectivity index (χ1v) is 4.84. The first-order chi connectivity index (χ1) is 7.18. The molecule has 0 aliphatic heterocycles. The Morgan fingerprint density at radius 2 is 2.07 bits per heavy atom. The second-order valence-electron chi connectivity index (χ2n) is 3.13. The Morgan fingerprint density at radius 1 is 1.40 bits per heavy atom. The van der Waals surface area contributed by atoms with Crippen LogP contribution in [-0.4, -0.2) is 15.2 Å². The van der Waals surface area contributed by atoms with Gasteiger partial charge in [0.1, 0.15) is 0 Å². The van der Waals surface area contributed by atoms with E-state index < -0.39 is 0 Å². The molecule has 0 amide bonds. The van der Waals surface area contributed by atoms with Crippen molar-refractivity contribution < 1.29 is 0 Å². The van der Waals surface area contributed by atoms with E-state index in [0.29, 0.717) is 16.2 Å². The summed E-state index contributed by atoms with van der Waals surface area (Å²) in [5.41, 5.74) is -0.196. The van der Waals surface area contributed by atoms with Gasteiger partial charge in [0.15, 0.2) is 5.82 Å². The van der Waals surface area contributed by atoms with Crippen molar-refractivity contribution in [1.82, 2.24) is 10.2 Å². The number of aromatic amines is 1. The standard InChI is InChI=1S/C10H9N3OS/c1-6(15)11-9-7-4-2-3-5-8(7)10(14)13-12-9/h2-5H,1H3,(H,13,14)(H,11,12,15). The van der Waals surface area contributed by atoms with Crippen LogP contribution < -0.4 is 10.9 Å². The third-order valence-corrected chi connectivity index (χ3v) is 2.09. The molecule has 0 atom stereocenters. The summed E-state index contributed by atoms with van der Waals surface area (Å²) in [6, 6.07) is 7.25. The molecule has 5 heteroatoms. The normalized spacial score (nSPS) is 10.2. The molecule has 0 unspecified atom stereocenters. The lowest BCUT2D eigenvalue weighted by Crippen LogP contribution is -2.13. The van der Waals surface area contributed by atoms with Crippen molar-refractivity contribution in [3.05, 3.63) is 34.6 Å². The maximum atomic E-state index is 11.4. The first-order valence-electron chi connectivity index (χ1n) is 4.43. The fourth-order valence-corrected chi connectivity index (χ4v) is 1.47. The Labute approximate surface area is 91.3 Å². The van der Waals surface area contributed by atoms with Crippen LogP contribution in [0.3, 0.4) is 0 Å². The van der Waals surface area contributed by atoms with Crippen LogP contribution in [0, 0.1) is 0 Å². The summed E-state index contributed by atoms with van der Waals surface area (Å²) < 4.78 is 0. The minimum absolute atomic E-state index is 0.196. The highest BCUT2D eigenvalue weighted by Crippen LogP contribution is 2.16. The smallest absolute Gasteiger partial charge is 0.272 e. The number of aromatic nitrogens is 2. The molecule has 2 aromatic rings. The average Bonchev–Trinajstić information content (AvgIpc) is 2.22. The molecule has 0 saturated heterocycles. The largest absolute Gasteiger partial charge is 0.333 e. The number of benzene rings is 1. The summed E-state index contributed by atoms with van der Waals surface area (Å²) >= 11 is 4.93. The summed E-state index contributed by atoms with van der Waals surface area (Å²) in [6.07, 6.45) is 0. The molecule has 76 valence electrons. The number of rotatable bonds is 1. The lowest BCUT2D eigenvalue weighted by molar-refractivity contribution is 1.02. The van der Waals surface area contributed by atoms with Gasteiger partial charge in [-0.25, -0.2) is 5.10 Å². The third-order valence-electron chi connectivity index (χ3n) is 1.99. The highest BCUT2D eigenvalue weighted by molar-refractivity contribution is 7.80. The van der Waals surface area contributed by atoms with E-state index >= 15 is 0 Å². The van der Waals surface area contributed by atoms with E-state index in [0.717, 1.165) is 5.39 Å². The highest BCUT2D eigenvalue weighted by atomic mass is 32.1. The van der Waals surface area contributed by atoms with Crippen LogP contribution in [0.5, 0.6) is 0 Å². The quantitative estimate of drug-likeness (QED) is 0.716. The fourth-order valence-electron chi connectivity index (χ4n) is 1.38. The number of H-pyrrole nitrogens is 1. The van der Waals surface area contributed by atoms with Gasteiger partial charge in [-0.05, 0) is 13.0 Å². The summed E-state index contributed by atoms with van der Waals surface area (Å²) in [7, 11) is 0. The Hall–Kier alpha value is -1.75. The second-order valence-corrected chi connectivity index (χ2v) is 3.74. The summed E-state index contributed by atoms with van der Waals surface area (Å²) in [5.74, 6) is 0.581. The van der Waals surface area contributed by atoms with E-state index in [1.807, 2.05) is 18.2 Å². The first kappa shape index (κ1) is 9.79. The van der Waals surface area contributed by atoms with Crippen LogP contribution in [-0.2, 0) is 0 Å². The maximum Gasteiger partial charge on any atom is 0.272 e. The molecule has 15 heavy (non-hydrogen) atoms. The van der Waals surface area contributed by atoms with Crippen molar-refractivity contribution >= 4 is 33.8 Å². The van der Waals surface area contributed by atoms with Crippen molar-refractivity contribution in [2.45, 2.75) is 6.92 Å². The monoisotopic (exact) mass is 219 g/mol. The fraction of sp³-hybridized carbons (Fsp3) is 0.100. The van der Waals surface area contributed by atoms with Crippen molar-refractivity contribution in [3.8, 4) is 0 Å². The molecule has 0 fully saturated rings. The lowest BCUT2D eigenvalue weighted by atomic mass is 10.2. The van der Waals surface area contributed by atoms with Crippen molar-refractivity contribution in [2.75, 3.05) is 5.32 Å². The number of nitrogens with zero attached hydrogens (tertiary/aromatic N) is 1. The van der Waals surface area contributed by atoms with E-state index in [2.05, 4.69) is 15.5 Å². The highest BCUT2D eigenvalue weighted by Gasteiger charge is 2.04. The zero-order chi connectivity index (χ0) is 10.8. The number of fused-ring (bicyclic) bond motifs is 1. The van der Waals surface area contributed by atoms with Gasteiger partial charge in [0.05, 0.1) is 10.4 Å².